The fourth-order valence-corrected chi connectivity index (χ4v) is 4.50. The summed E-state index contributed by atoms with van der Waals surface area (Å²) in [5, 5.41) is 14.7. The van der Waals surface area contributed by atoms with Gasteiger partial charge in [0.05, 0.1) is 5.69 Å². The third-order valence-electron chi connectivity index (χ3n) is 5.29. The molecule has 1 aromatic rings. The van der Waals surface area contributed by atoms with Gasteiger partial charge in [-0.2, -0.15) is 0 Å². The van der Waals surface area contributed by atoms with E-state index in [1.165, 1.54) is 25.5 Å². The number of amides is 2. The van der Waals surface area contributed by atoms with Gasteiger partial charge in [0.25, 0.3) is 0 Å². The van der Waals surface area contributed by atoms with Crippen molar-refractivity contribution in [3.8, 4) is 0 Å². The first kappa shape index (κ1) is 12.6. The normalized spacial score (nSPS) is 35.1. The number of carboxylic acids is 1. The van der Waals surface area contributed by atoms with Crippen molar-refractivity contribution >= 4 is 17.7 Å². The summed E-state index contributed by atoms with van der Waals surface area (Å²) in [6.45, 7) is 0. The van der Waals surface area contributed by atoms with Crippen molar-refractivity contribution in [2.45, 2.75) is 25.3 Å². The molecular formula is C15H17N3O3. The molecule has 3 saturated carbocycles. The Balaban J connectivity index is 1.40. The van der Waals surface area contributed by atoms with Crippen LogP contribution in [0.4, 0.5) is 10.5 Å². The van der Waals surface area contributed by atoms with Crippen LogP contribution < -0.4 is 10.6 Å². The van der Waals surface area contributed by atoms with Gasteiger partial charge in [0.2, 0.25) is 0 Å². The number of rotatable bonds is 3. The minimum atomic E-state index is -1.15. The highest BCUT2D eigenvalue weighted by molar-refractivity contribution is 5.98. The average molecular weight is 287 g/mol. The average Bonchev–Trinajstić information content (AvgIpc) is 2.83. The summed E-state index contributed by atoms with van der Waals surface area (Å²) in [5.74, 6) is 1.74. The smallest absolute Gasteiger partial charge is 0.356 e. The van der Waals surface area contributed by atoms with Crippen LogP contribution in [0.5, 0.6) is 0 Å². The van der Waals surface area contributed by atoms with Gasteiger partial charge in [-0.05, 0) is 55.1 Å². The molecule has 0 aliphatic heterocycles. The number of aromatic carboxylic acids is 1. The van der Waals surface area contributed by atoms with Crippen molar-refractivity contribution < 1.29 is 14.7 Å². The third-order valence-corrected chi connectivity index (χ3v) is 5.29. The molecule has 110 valence electrons. The van der Waals surface area contributed by atoms with Crippen molar-refractivity contribution in [2.24, 2.45) is 23.7 Å². The SMILES string of the molecule is O=C(Nc1cccnc1C(=O)O)NC1C2C3CCC(C3)C12. The summed E-state index contributed by atoms with van der Waals surface area (Å²) >= 11 is 0. The van der Waals surface area contributed by atoms with Crippen LogP contribution in [0.25, 0.3) is 0 Å². The number of nitrogens with zero attached hydrogens (tertiary/aromatic N) is 1. The first-order valence-corrected chi connectivity index (χ1v) is 7.41. The topological polar surface area (TPSA) is 91.3 Å². The Hall–Kier alpha value is -2.11. The van der Waals surface area contributed by atoms with Crippen LogP contribution in [0, 0.1) is 23.7 Å². The van der Waals surface area contributed by atoms with Crippen LogP contribution in [0.15, 0.2) is 18.3 Å². The molecule has 6 nitrogen and oxygen atoms in total. The van der Waals surface area contributed by atoms with E-state index >= 15 is 0 Å². The summed E-state index contributed by atoms with van der Waals surface area (Å²) in [6, 6.07) is 3.10. The van der Waals surface area contributed by atoms with Gasteiger partial charge < -0.3 is 15.7 Å². The molecule has 1 heterocycles. The van der Waals surface area contributed by atoms with E-state index in [1.54, 1.807) is 12.1 Å². The molecule has 4 atom stereocenters. The molecule has 3 N–H and O–H groups in total. The summed E-state index contributed by atoms with van der Waals surface area (Å²) in [7, 11) is 0. The van der Waals surface area contributed by atoms with Gasteiger partial charge in [-0.1, -0.05) is 0 Å². The number of urea groups is 1. The zero-order chi connectivity index (χ0) is 14.6. The third kappa shape index (κ3) is 1.97. The van der Waals surface area contributed by atoms with Crippen LogP contribution in [0.2, 0.25) is 0 Å². The van der Waals surface area contributed by atoms with E-state index in [1.807, 2.05) is 0 Å². The minimum Gasteiger partial charge on any atom is -0.476 e. The van der Waals surface area contributed by atoms with Crippen molar-refractivity contribution in [2.75, 3.05) is 5.32 Å². The van der Waals surface area contributed by atoms with Crippen molar-refractivity contribution in [3.63, 3.8) is 0 Å². The molecule has 3 aliphatic carbocycles. The number of pyridine rings is 1. The summed E-state index contributed by atoms with van der Waals surface area (Å²) in [5.41, 5.74) is 0.0972. The molecule has 2 bridgehead atoms. The molecule has 3 aliphatic rings. The molecule has 0 aromatic carbocycles. The first-order chi connectivity index (χ1) is 10.1. The quantitative estimate of drug-likeness (QED) is 0.792. The van der Waals surface area contributed by atoms with Crippen molar-refractivity contribution in [1.82, 2.24) is 10.3 Å². The van der Waals surface area contributed by atoms with Crippen LogP contribution in [-0.4, -0.2) is 28.1 Å². The Kier molecular flexibility index (Phi) is 2.67. The van der Waals surface area contributed by atoms with E-state index in [-0.39, 0.29) is 23.5 Å². The Morgan fingerprint density at radius 3 is 2.62 bits per heavy atom. The van der Waals surface area contributed by atoms with E-state index in [2.05, 4.69) is 15.6 Å². The maximum atomic E-state index is 12.1. The van der Waals surface area contributed by atoms with Gasteiger partial charge in [0.15, 0.2) is 5.69 Å². The Labute approximate surface area is 121 Å². The van der Waals surface area contributed by atoms with Gasteiger partial charge in [-0.15, -0.1) is 0 Å². The van der Waals surface area contributed by atoms with Crippen LogP contribution in [0.3, 0.4) is 0 Å². The lowest BCUT2D eigenvalue weighted by Gasteiger charge is -2.12. The second kappa shape index (κ2) is 4.44. The van der Waals surface area contributed by atoms with E-state index < -0.39 is 5.97 Å². The zero-order valence-electron chi connectivity index (χ0n) is 11.5. The minimum absolute atomic E-state index is 0.135. The van der Waals surface area contributed by atoms with E-state index in [4.69, 9.17) is 5.11 Å². The van der Waals surface area contributed by atoms with Gasteiger partial charge in [-0.3, -0.25) is 0 Å². The molecule has 21 heavy (non-hydrogen) atoms. The van der Waals surface area contributed by atoms with E-state index in [0.717, 1.165) is 11.8 Å². The fraction of sp³-hybridized carbons (Fsp3) is 0.533. The standard InChI is InChI=1S/C15H17N3O3/c19-14(20)12-9(2-1-5-16-12)17-15(21)18-13-10-7-3-4-8(6-7)11(10)13/h1-2,5,7-8,10-11,13H,3-4,6H2,(H,19,20)(H2,17,18,21). The highest BCUT2D eigenvalue weighted by Crippen LogP contribution is 2.65. The second-order valence-electron chi connectivity index (χ2n) is 6.32. The lowest BCUT2D eigenvalue weighted by molar-refractivity contribution is 0.0692. The highest BCUT2D eigenvalue weighted by Gasteiger charge is 2.65. The number of nitrogens with one attached hydrogen (secondary N) is 2. The number of carboxylic acid groups (broad SMARTS) is 1. The molecule has 4 rings (SSSR count). The number of fused-ring (bicyclic) bond motifs is 5. The van der Waals surface area contributed by atoms with Crippen molar-refractivity contribution in [3.05, 3.63) is 24.0 Å². The molecule has 2 amide bonds. The molecular weight excluding hydrogens is 270 g/mol. The maximum Gasteiger partial charge on any atom is 0.356 e. The van der Waals surface area contributed by atoms with Gasteiger partial charge >= 0.3 is 12.0 Å². The molecule has 0 saturated heterocycles. The van der Waals surface area contributed by atoms with Crippen LogP contribution in [-0.2, 0) is 0 Å². The first-order valence-electron chi connectivity index (χ1n) is 7.41. The number of aromatic nitrogens is 1. The number of hydrogen-bond acceptors (Lipinski definition) is 3. The van der Waals surface area contributed by atoms with E-state index in [9.17, 15) is 9.59 Å². The number of anilines is 1. The summed E-state index contributed by atoms with van der Waals surface area (Å²) < 4.78 is 0. The Morgan fingerprint density at radius 2 is 1.95 bits per heavy atom. The Bertz CT molecular complexity index is 602. The largest absolute Gasteiger partial charge is 0.476 e. The zero-order valence-corrected chi connectivity index (χ0v) is 11.5. The van der Waals surface area contributed by atoms with E-state index in [0.29, 0.717) is 11.8 Å². The molecule has 0 spiro atoms. The van der Waals surface area contributed by atoms with Crippen molar-refractivity contribution in [1.29, 1.82) is 0 Å². The number of carbonyl (C=O) groups excluding carboxylic acids is 1. The van der Waals surface area contributed by atoms with Crippen LogP contribution in [0.1, 0.15) is 29.8 Å². The molecule has 0 radical (unpaired) electrons. The predicted molar refractivity (Wildman–Crippen MR) is 74.9 cm³/mol. The predicted octanol–water partition coefficient (Wildman–Crippen LogP) is 1.95. The van der Waals surface area contributed by atoms with Crippen LogP contribution >= 0.6 is 0 Å². The molecule has 3 fully saturated rings. The highest BCUT2D eigenvalue weighted by atomic mass is 16.4. The monoisotopic (exact) mass is 287 g/mol. The van der Waals surface area contributed by atoms with Gasteiger partial charge in [-0.25, -0.2) is 14.6 Å². The summed E-state index contributed by atoms with van der Waals surface area (Å²) in [6.07, 6.45) is 5.34. The van der Waals surface area contributed by atoms with Gasteiger partial charge in [0, 0.05) is 12.2 Å². The molecule has 4 unspecified atom stereocenters. The molecule has 6 heteroatoms. The number of hydrogen-bond donors (Lipinski definition) is 3. The lowest BCUT2D eigenvalue weighted by atomic mass is 10.0. The molecule has 1 aromatic heterocycles. The number of carbonyl (C=O) groups is 2. The fourth-order valence-electron chi connectivity index (χ4n) is 4.50. The van der Waals surface area contributed by atoms with Gasteiger partial charge in [0.1, 0.15) is 0 Å². The second-order valence-corrected chi connectivity index (χ2v) is 6.32. The Morgan fingerprint density at radius 1 is 1.24 bits per heavy atom. The maximum absolute atomic E-state index is 12.1. The lowest BCUT2D eigenvalue weighted by Crippen LogP contribution is -2.34. The summed E-state index contributed by atoms with van der Waals surface area (Å²) in [4.78, 5) is 26.9.